The maximum Gasteiger partial charge on any atom is 0.224 e. The minimum Gasteiger partial charge on any atom is -0.353 e. The largest absolute Gasteiger partial charge is 0.353 e. The summed E-state index contributed by atoms with van der Waals surface area (Å²) in [5.41, 5.74) is 5.50. The monoisotopic (exact) mass is 186 g/mol. The van der Waals surface area contributed by atoms with Crippen LogP contribution in [0.3, 0.4) is 0 Å². The first-order valence-corrected chi connectivity index (χ1v) is 4.79. The number of rotatable bonds is 3. The highest BCUT2D eigenvalue weighted by molar-refractivity contribution is 5.78. The van der Waals surface area contributed by atoms with Crippen LogP contribution in [0.1, 0.15) is 34.6 Å². The number of carbonyl (C=O) groups excluding carboxylic acids is 1. The summed E-state index contributed by atoms with van der Waals surface area (Å²) in [6.07, 6.45) is 0. The van der Waals surface area contributed by atoms with Gasteiger partial charge in [0.15, 0.2) is 0 Å². The van der Waals surface area contributed by atoms with Gasteiger partial charge in [0.1, 0.15) is 0 Å². The van der Waals surface area contributed by atoms with Crippen LogP contribution in [-0.4, -0.2) is 18.5 Å². The summed E-state index contributed by atoms with van der Waals surface area (Å²) < 4.78 is 0. The first-order chi connectivity index (χ1) is 5.79. The van der Waals surface area contributed by atoms with Crippen molar-refractivity contribution in [2.24, 2.45) is 17.1 Å². The fourth-order valence-electron chi connectivity index (χ4n) is 0.679. The van der Waals surface area contributed by atoms with Crippen molar-refractivity contribution in [1.82, 2.24) is 5.32 Å². The van der Waals surface area contributed by atoms with E-state index in [1.165, 1.54) is 0 Å². The molecule has 0 aliphatic carbocycles. The normalized spacial score (nSPS) is 16.5. The summed E-state index contributed by atoms with van der Waals surface area (Å²) in [4.78, 5) is 11.4. The molecule has 0 saturated carbocycles. The van der Waals surface area contributed by atoms with E-state index >= 15 is 0 Å². The molecule has 0 fully saturated rings. The molecule has 0 aliphatic heterocycles. The van der Waals surface area contributed by atoms with E-state index in [0.29, 0.717) is 6.54 Å². The number of nitrogens with two attached hydrogens (primary N) is 1. The van der Waals surface area contributed by atoms with Crippen LogP contribution in [0.2, 0.25) is 0 Å². The third-order valence-corrected chi connectivity index (χ3v) is 2.46. The number of hydrogen-bond donors (Lipinski definition) is 2. The van der Waals surface area contributed by atoms with Crippen molar-refractivity contribution in [2.45, 2.75) is 40.7 Å². The molecular weight excluding hydrogens is 164 g/mol. The van der Waals surface area contributed by atoms with E-state index in [-0.39, 0.29) is 23.3 Å². The van der Waals surface area contributed by atoms with Crippen LogP contribution in [0.5, 0.6) is 0 Å². The zero-order chi connectivity index (χ0) is 10.6. The lowest BCUT2D eigenvalue weighted by molar-refractivity contribution is -0.125. The molecule has 78 valence electrons. The number of carbonyl (C=O) groups is 1. The van der Waals surface area contributed by atoms with E-state index in [0.717, 1.165) is 0 Å². The molecule has 2 unspecified atom stereocenters. The van der Waals surface area contributed by atoms with E-state index in [4.69, 9.17) is 5.73 Å². The maximum absolute atomic E-state index is 11.4. The lowest BCUT2D eigenvalue weighted by Gasteiger charge is -2.29. The standard InChI is InChI=1S/C10H22N2O/c1-7(6-11)9(13)12-8(2)10(3,4)5/h7-8H,6,11H2,1-5H3,(H,12,13). The van der Waals surface area contributed by atoms with Gasteiger partial charge < -0.3 is 11.1 Å². The number of hydrogen-bond acceptors (Lipinski definition) is 2. The Labute approximate surface area is 81.1 Å². The molecule has 0 aromatic rings. The molecule has 0 heterocycles. The molecule has 0 aliphatic rings. The Bertz CT molecular complexity index is 172. The summed E-state index contributed by atoms with van der Waals surface area (Å²) in [6, 6.07) is 0.175. The smallest absolute Gasteiger partial charge is 0.224 e. The van der Waals surface area contributed by atoms with Gasteiger partial charge in [-0.25, -0.2) is 0 Å². The van der Waals surface area contributed by atoms with Crippen molar-refractivity contribution < 1.29 is 4.79 Å². The second kappa shape index (κ2) is 4.61. The van der Waals surface area contributed by atoms with Crippen molar-refractivity contribution in [3.05, 3.63) is 0 Å². The van der Waals surface area contributed by atoms with E-state index in [1.807, 2.05) is 13.8 Å². The van der Waals surface area contributed by atoms with Crippen LogP contribution in [0.15, 0.2) is 0 Å². The fourth-order valence-corrected chi connectivity index (χ4v) is 0.679. The first kappa shape index (κ1) is 12.4. The molecular formula is C10H22N2O. The Morgan fingerprint density at radius 2 is 1.85 bits per heavy atom. The minimum absolute atomic E-state index is 0.0462. The molecule has 0 spiro atoms. The molecule has 0 saturated heterocycles. The second-order valence-electron chi connectivity index (χ2n) is 4.73. The van der Waals surface area contributed by atoms with Crippen LogP contribution >= 0.6 is 0 Å². The van der Waals surface area contributed by atoms with Crippen molar-refractivity contribution in [2.75, 3.05) is 6.54 Å². The van der Waals surface area contributed by atoms with E-state index in [9.17, 15) is 4.79 Å². The molecule has 0 aromatic carbocycles. The van der Waals surface area contributed by atoms with Gasteiger partial charge in [-0.05, 0) is 12.3 Å². The predicted octanol–water partition coefficient (Wildman–Crippen LogP) is 1.13. The molecule has 2 atom stereocenters. The van der Waals surface area contributed by atoms with E-state index in [1.54, 1.807) is 0 Å². The molecule has 1 amide bonds. The predicted molar refractivity (Wildman–Crippen MR) is 55.3 cm³/mol. The summed E-state index contributed by atoms with van der Waals surface area (Å²) in [5, 5.41) is 2.95. The van der Waals surface area contributed by atoms with Crippen molar-refractivity contribution in [3.8, 4) is 0 Å². The van der Waals surface area contributed by atoms with Crippen LogP contribution in [-0.2, 0) is 4.79 Å². The zero-order valence-corrected chi connectivity index (χ0v) is 9.35. The summed E-state index contributed by atoms with van der Waals surface area (Å²) >= 11 is 0. The van der Waals surface area contributed by atoms with Gasteiger partial charge >= 0.3 is 0 Å². The molecule has 3 N–H and O–H groups in total. The van der Waals surface area contributed by atoms with Gasteiger partial charge in [0.2, 0.25) is 5.91 Å². The lowest BCUT2D eigenvalue weighted by atomic mass is 9.88. The maximum atomic E-state index is 11.4. The Morgan fingerprint density at radius 3 is 2.15 bits per heavy atom. The highest BCUT2D eigenvalue weighted by Gasteiger charge is 2.23. The Balaban J connectivity index is 4.07. The minimum atomic E-state index is -0.0928. The van der Waals surface area contributed by atoms with Gasteiger partial charge in [-0.2, -0.15) is 0 Å². The van der Waals surface area contributed by atoms with Crippen molar-refractivity contribution in [3.63, 3.8) is 0 Å². The van der Waals surface area contributed by atoms with E-state index in [2.05, 4.69) is 26.1 Å². The lowest BCUT2D eigenvalue weighted by Crippen LogP contribution is -2.44. The molecule has 13 heavy (non-hydrogen) atoms. The average molecular weight is 186 g/mol. The molecule has 0 aromatic heterocycles. The second-order valence-corrected chi connectivity index (χ2v) is 4.73. The molecule has 0 bridgehead atoms. The van der Waals surface area contributed by atoms with Crippen LogP contribution in [0.4, 0.5) is 0 Å². The molecule has 3 heteroatoms. The van der Waals surface area contributed by atoms with Gasteiger partial charge in [-0.15, -0.1) is 0 Å². The Kier molecular flexibility index (Phi) is 4.40. The van der Waals surface area contributed by atoms with Gasteiger partial charge in [-0.1, -0.05) is 27.7 Å². The first-order valence-electron chi connectivity index (χ1n) is 4.79. The zero-order valence-electron chi connectivity index (χ0n) is 9.35. The highest BCUT2D eigenvalue weighted by atomic mass is 16.1. The molecule has 0 radical (unpaired) electrons. The van der Waals surface area contributed by atoms with Gasteiger partial charge in [0.25, 0.3) is 0 Å². The fraction of sp³-hybridized carbons (Fsp3) is 0.900. The topological polar surface area (TPSA) is 55.1 Å². The van der Waals surface area contributed by atoms with Crippen LogP contribution in [0.25, 0.3) is 0 Å². The van der Waals surface area contributed by atoms with Crippen molar-refractivity contribution in [1.29, 1.82) is 0 Å². The SMILES string of the molecule is CC(CN)C(=O)NC(C)C(C)(C)C. The van der Waals surface area contributed by atoms with Gasteiger partial charge in [-0.3, -0.25) is 4.79 Å². The highest BCUT2D eigenvalue weighted by Crippen LogP contribution is 2.18. The number of nitrogens with one attached hydrogen (secondary N) is 1. The summed E-state index contributed by atoms with van der Waals surface area (Å²) in [6.45, 7) is 10.6. The average Bonchev–Trinajstić information content (AvgIpc) is 2.01. The third-order valence-electron chi connectivity index (χ3n) is 2.46. The Morgan fingerprint density at radius 1 is 1.38 bits per heavy atom. The van der Waals surface area contributed by atoms with Gasteiger partial charge in [0.05, 0.1) is 0 Å². The molecule has 0 rings (SSSR count). The summed E-state index contributed by atoms with van der Waals surface area (Å²) in [5.74, 6) is -0.0466. The number of amides is 1. The quantitative estimate of drug-likeness (QED) is 0.694. The molecule has 3 nitrogen and oxygen atoms in total. The van der Waals surface area contributed by atoms with Crippen LogP contribution in [0, 0.1) is 11.3 Å². The van der Waals surface area contributed by atoms with E-state index < -0.39 is 0 Å². The Hall–Kier alpha value is -0.570. The third kappa shape index (κ3) is 4.27. The van der Waals surface area contributed by atoms with Crippen LogP contribution < -0.4 is 11.1 Å². The summed E-state index contributed by atoms with van der Waals surface area (Å²) in [7, 11) is 0. The van der Waals surface area contributed by atoms with Crippen molar-refractivity contribution >= 4 is 5.91 Å². The van der Waals surface area contributed by atoms with Gasteiger partial charge in [0, 0.05) is 18.5 Å².